The highest BCUT2D eigenvalue weighted by atomic mass is 16.5. The van der Waals surface area contributed by atoms with Crippen LogP contribution in [0.1, 0.15) is 13.3 Å². The standard InChI is InChI=1S/C9H16O7/c1-2-3-16-9(15)8(14)7(13)6(12)5(11)4-10/h4-8,11-14H,2-3H2,1H3/t5-,6+,7-,8+/m1/s1. The molecule has 0 rings (SSSR count). The number of carbonyl (C=O) groups is 2. The molecule has 7 heteroatoms. The molecule has 0 radical (unpaired) electrons. The molecule has 4 atom stereocenters. The minimum Gasteiger partial charge on any atom is -0.464 e. The van der Waals surface area contributed by atoms with Crippen molar-refractivity contribution in [1.82, 2.24) is 0 Å². The Balaban J connectivity index is 4.30. The van der Waals surface area contributed by atoms with E-state index in [1.807, 2.05) is 0 Å². The van der Waals surface area contributed by atoms with Crippen LogP contribution in [0.15, 0.2) is 0 Å². The minimum absolute atomic E-state index is 0.0159. The van der Waals surface area contributed by atoms with Gasteiger partial charge >= 0.3 is 5.97 Å². The van der Waals surface area contributed by atoms with Gasteiger partial charge in [-0.2, -0.15) is 0 Å². The number of esters is 1. The van der Waals surface area contributed by atoms with Gasteiger partial charge in [-0.25, -0.2) is 4.79 Å². The quantitative estimate of drug-likeness (QED) is 0.286. The Labute approximate surface area is 92.3 Å². The maximum atomic E-state index is 11.0. The molecule has 0 aromatic carbocycles. The Bertz CT molecular complexity index is 230. The average Bonchev–Trinajstić information content (AvgIpc) is 2.31. The molecule has 0 fully saturated rings. The molecule has 0 saturated heterocycles. The van der Waals surface area contributed by atoms with Crippen LogP contribution in [-0.4, -0.2) is 63.7 Å². The molecule has 0 saturated carbocycles. The summed E-state index contributed by atoms with van der Waals surface area (Å²) in [5.74, 6) is -1.12. The first-order chi connectivity index (χ1) is 7.45. The highest BCUT2D eigenvalue weighted by molar-refractivity contribution is 5.75. The average molecular weight is 236 g/mol. The fourth-order valence-corrected chi connectivity index (χ4v) is 0.897. The number of carbonyl (C=O) groups excluding carboxylic acids is 2. The highest BCUT2D eigenvalue weighted by Gasteiger charge is 2.35. The van der Waals surface area contributed by atoms with E-state index in [9.17, 15) is 19.8 Å². The lowest BCUT2D eigenvalue weighted by Gasteiger charge is -2.22. The summed E-state index contributed by atoms with van der Waals surface area (Å²) in [4.78, 5) is 21.1. The third-order valence-electron chi connectivity index (χ3n) is 1.85. The van der Waals surface area contributed by atoms with Crippen molar-refractivity contribution < 1.29 is 34.8 Å². The monoisotopic (exact) mass is 236 g/mol. The summed E-state index contributed by atoms with van der Waals surface area (Å²) in [7, 11) is 0. The molecule has 0 aliphatic rings. The van der Waals surface area contributed by atoms with E-state index in [0.717, 1.165) is 0 Å². The van der Waals surface area contributed by atoms with Crippen LogP contribution >= 0.6 is 0 Å². The van der Waals surface area contributed by atoms with Crippen LogP contribution in [0.4, 0.5) is 0 Å². The van der Waals surface area contributed by atoms with E-state index in [1.54, 1.807) is 6.92 Å². The van der Waals surface area contributed by atoms with Gasteiger partial charge in [-0.05, 0) is 6.42 Å². The Hall–Kier alpha value is -1.02. The molecule has 94 valence electrons. The molecule has 4 N–H and O–H groups in total. The summed E-state index contributed by atoms with van der Waals surface area (Å²) in [6, 6.07) is 0. The van der Waals surface area contributed by atoms with Gasteiger partial charge in [0.2, 0.25) is 0 Å². The zero-order chi connectivity index (χ0) is 12.7. The summed E-state index contributed by atoms with van der Waals surface area (Å²) < 4.78 is 4.51. The third kappa shape index (κ3) is 4.23. The van der Waals surface area contributed by atoms with Crippen LogP contribution in [0.25, 0.3) is 0 Å². The van der Waals surface area contributed by atoms with E-state index < -0.39 is 30.4 Å². The SMILES string of the molecule is CCCOC(=O)[C@@H](O)[C@H](O)[C@@H](O)[C@H](O)C=O. The Morgan fingerprint density at radius 3 is 2.25 bits per heavy atom. The number of aliphatic hydroxyl groups is 4. The molecular weight excluding hydrogens is 220 g/mol. The first-order valence-electron chi connectivity index (χ1n) is 4.79. The molecule has 0 aliphatic carbocycles. The van der Waals surface area contributed by atoms with Gasteiger partial charge in [0.15, 0.2) is 12.4 Å². The van der Waals surface area contributed by atoms with Gasteiger partial charge in [0.05, 0.1) is 6.61 Å². The lowest BCUT2D eigenvalue weighted by atomic mass is 10.0. The fourth-order valence-electron chi connectivity index (χ4n) is 0.897. The third-order valence-corrected chi connectivity index (χ3v) is 1.85. The second-order valence-corrected chi connectivity index (χ2v) is 3.22. The van der Waals surface area contributed by atoms with Crippen LogP contribution in [0.2, 0.25) is 0 Å². The number of aldehydes is 1. The molecule has 0 spiro atoms. The molecule has 0 aromatic rings. The Morgan fingerprint density at radius 1 is 1.25 bits per heavy atom. The minimum atomic E-state index is -2.00. The van der Waals surface area contributed by atoms with E-state index in [4.69, 9.17) is 10.2 Å². The number of aliphatic hydroxyl groups excluding tert-OH is 4. The predicted octanol–water partition coefficient (Wildman–Crippen LogP) is -2.42. The topological polar surface area (TPSA) is 124 Å². The molecule has 7 nitrogen and oxygen atoms in total. The first kappa shape index (κ1) is 15.0. The van der Waals surface area contributed by atoms with Gasteiger partial charge in [0, 0.05) is 0 Å². The van der Waals surface area contributed by atoms with E-state index in [-0.39, 0.29) is 12.9 Å². The highest BCUT2D eigenvalue weighted by Crippen LogP contribution is 2.05. The van der Waals surface area contributed by atoms with E-state index in [2.05, 4.69) is 4.74 Å². The molecule has 16 heavy (non-hydrogen) atoms. The maximum Gasteiger partial charge on any atom is 0.337 e. The number of ether oxygens (including phenoxy) is 1. The zero-order valence-electron chi connectivity index (χ0n) is 8.81. The van der Waals surface area contributed by atoms with Crippen molar-refractivity contribution in [3.63, 3.8) is 0 Å². The van der Waals surface area contributed by atoms with Crippen molar-refractivity contribution in [2.45, 2.75) is 37.8 Å². The van der Waals surface area contributed by atoms with Crippen LogP contribution in [0.5, 0.6) is 0 Å². The lowest BCUT2D eigenvalue weighted by Crippen LogP contribution is -2.48. The smallest absolute Gasteiger partial charge is 0.337 e. The van der Waals surface area contributed by atoms with Crippen molar-refractivity contribution in [2.24, 2.45) is 0 Å². The second-order valence-electron chi connectivity index (χ2n) is 3.22. The zero-order valence-corrected chi connectivity index (χ0v) is 8.81. The van der Waals surface area contributed by atoms with Crippen LogP contribution in [0.3, 0.4) is 0 Å². The first-order valence-corrected chi connectivity index (χ1v) is 4.79. The summed E-state index contributed by atoms with van der Waals surface area (Å²) in [6.07, 6.45) is -7.28. The lowest BCUT2D eigenvalue weighted by molar-refractivity contribution is -0.169. The van der Waals surface area contributed by atoms with Crippen LogP contribution in [-0.2, 0) is 14.3 Å². The normalized spacial score (nSPS) is 18.3. The number of hydrogen-bond donors (Lipinski definition) is 4. The second kappa shape index (κ2) is 7.29. The maximum absolute atomic E-state index is 11.0. The fraction of sp³-hybridized carbons (Fsp3) is 0.778. The molecule has 0 aromatic heterocycles. The van der Waals surface area contributed by atoms with Gasteiger partial charge in [-0.3, -0.25) is 0 Å². The summed E-state index contributed by atoms with van der Waals surface area (Å²) in [5.41, 5.74) is 0. The van der Waals surface area contributed by atoms with Crippen molar-refractivity contribution in [2.75, 3.05) is 6.61 Å². The summed E-state index contributed by atoms with van der Waals surface area (Å²) in [5, 5.41) is 36.4. The molecule has 0 aliphatic heterocycles. The van der Waals surface area contributed by atoms with Gasteiger partial charge in [-0.1, -0.05) is 6.92 Å². The van der Waals surface area contributed by atoms with Crippen LogP contribution < -0.4 is 0 Å². The van der Waals surface area contributed by atoms with E-state index in [0.29, 0.717) is 6.42 Å². The molecule has 0 bridgehead atoms. The molecule has 0 heterocycles. The van der Waals surface area contributed by atoms with Crippen molar-refractivity contribution >= 4 is 12.3 Å². The van der Waals surface area contributed by atoms with Crippen molar-refractivity contribution in [3.8, 4) is 0 Å². The molecule has 0 unspecified atom stereocenters. The summed E-state index contributed by atoms with van der Waals surface area (Å²) in [6.45, 7) is 1.80. The predicted molar refractivity (Wildman–Crippen MR) is 51.3 cm³/mol. The largest absolute Gasteiger partial charge is 0.464 e. The van der Waals surface area contributed by atoms with E-state index >= 15 is 0 Å². The van der Waals surface area contributed by atoms with Crippen LogP contribution in [0, 0.1) is 0 Å². The van der Waals surface area contributed by atoms with E-state index in [1.165, 1.54) is 0 Å². The van der Waals surface area contributed by atoms with Gasteiger partial charge < -0.3 is 30.0 Å². The molecular formula is C9H16O7. The molecule has 0 amide bonds. The Kier molecular flexibility index (Phi) is 6.82. The number of hydrogen-bond acceptors (Lipinski definition) is 7. The van der Waals surface area contributed by atoms with Gasteiger partial charge in [0.1, 0.15) is 18.3 Å². The number of rotatable bonds is 7. The Morgan fingerprint density at radius 2 is 1.81 bits per heavy atom. The van der Waals surface area contributed by atoms with Crippen molar-refractivity contribution in [1.29, 1.82) is 0 Å². The summed E-state index contributed by atoms with van der Waals surface area (Å²) >= 11 is 0. The van der Waals surface area contributed by atoms with Gasteiger partial charge in [0.25, 0.3) is 0 Å². The van der Waals surface area contributed by atoms with Gasteiger partial charge in [-0.15, -0.1) is 0 Å². The van der Waals surface area contributed by atoms with Crippen molar-refractivity contribution in [3.05, 3.63) is 0 Å².